The highest BCUT2D eigenvalue weighted by Crippen LogP contribution is 2.19. The van der Waals surface area contributed by atoms with E-state index in [1.807, 2.05) is 21.1 Å². The van der Waals surface area contributed by atoms with Crippen molar-refractivity contribution in [2.75, 3.05) is 47.5 Å². The smallest absolute Gasteiger partial charge is 0.306 e. The van der Waals surface area contributed by atoms with Gasteiger partial charge in [0.1, 0.15) is 13.2 Å². The van der Waals surface area contributed by atoms with Crippen LogP contribution in [0.1, 0.15) is 386 Å². The predicted octanol–water partition coefficient (Wildman–Crippen LogP) is 27.0. The van der Waals surface area contributed by atoms with Crippen molar-refractivity contribution < 1.29 is 42.9 Å². The molecule has 0 aliphatic carbocycles. The third-order valence-electron chi connectivity index (χ3n) is 18.9. The van der Waals surface area contributed by atoms with Crippen molar-refractivity contribution in [1.29, 1.82) is 0 Å². The first kappa shape index (κ1) is 98.4. The van der Waals surface area contributed by atoms with Crippen molar-refractivity contribution in [3.63, 3.8) is 0 Å². The number of ether oxygens (including phenoxy) is 4. The number of quaternary nitrogens is 1. The molecule has 0 saturated carbocycles. The van der Waals surface area contributed by atoms with Crippen LogP contribution in [0.5, 0.6) is 0 Å². The standard InChI is InChI=1S/C94H163NO8/c1-6-8-10-12-14-16-18-20-22-24-26-28-30-32-34-36-38-40-42-44-45-46-47-49-51-53-55-57-59-61-63-65-67-69-71-73-75-77-79-81-83-85-92(97)103-90(89-102-94(93(98)99)100-87-86-95(3,4)5)88-101-91(96)84-82-80-78-76-74-72-70-68-66-64-62-60-58-56-54-52-50-48-43-41-39-37-35-33-31-29-27-25-23-21-19-17-15-13-11-9-7-2/h8,10,14,16,19-22,25-28,32,34,38,40,44-45,47,49,53,55,90,94H,6-7,9,11-13,15,17-18,23-24,29-31,33,35-37,39,41-43,46,48,50-52,54,56-89H2,1-5H3/b10-8-,16-14-,21-19-,22-20-,27-25-,28-26-,34-32-,40-38-,45-44-,49-47-,55-53-. The molecule has 2 atom stereocenters. The summed E-state index contributed by atoms with van der Waals surface area (Å²) >= 11 is 0. The zero-order valence-corrected chi connectivity index (χ0v) is 67.9. The van der Waals surface area contributed by atoms with E-state index in [0.29, 0.717) is 23.9 Å². The molecule has 0 heterocycles. The van der Waals surface area contributed by atoms with E-state index < -0.39 is 24.3 Å². The Morgan fingerprint density at radius 1 is 0.301 bits per heavy atom. The normalized spacial score (nSPS) is 13.3. The van der Waals surface area contributed by atoms with Gasteiger partial charge in [0.05, 0.1) is 40.3 Å². The average molecular weight is 1440 g/mol. The number of likely N-dealkylation sites (N-methyl/N-ethyl adjacent to an activating group) is 1. The van der Waals surface area contributed by atoms with Crippen LogP contribution >= 0.6 is 0 Å². The Hall–Kier alpha value is -4.57. The Balaban J connectivity index is 4.00. The highest BCUT2D eigenvalue weighted by atomic mass is 16.7. The van der Waals surface area contributed by atoms with Gasteiger partial charge in [-0.25, -0.2) is 0 Å². The van der Waals surface area contributed by atoms with E-state index in [9.17, 15) is 19.5 Å². The molecule has 0 aromatic heterocycles. The molecule has 0 aromatic rings. The number of unbranched alkanes of at least 4 members (excludes halogenated alkanes) is 43. The first-order valence-corrected chi connectivity index (χ1v) is 43.3. The molecule has 0 N–H and O–H groups in total. The molecule has 2 unspecified atom stereocenters. The van der Waals surface area contributed by atoms with Gasteiger partial charge in [-0.1, -0.05) is 392 Å². The molecule has 0 aliphatic heterocycles. The summed E-state index contributed by atoms with van der Waals surface area (Å²) < 4.78 is 22.9. The average Bonchev–Trinajstić information content (AvgIpc) is 1.01. The van der Waals surface area contributed by atoms with Crippen LogP contribution in [0.3, 0.4) is 0 Å². The molecule has 0 radical (unpaired) electrons. The van der Waals surface area contributed by atoms with E-state index in [2.05, 4.69) is 148 Å². The highest BCUT2D eigenvalue weighted by Gasteiger charge is 2.22. The summed E-state index contributed by atoms with van der Waals surface area (Å²) in [6.07, 6.45) is 117. The number of carbonyl (C=O) groups is 3. The van der Waals surface area contributed by atoms with Crippen molar-refractivity contribution in [3.05, 3.63) is 134 Å². The van der Waals surface area contributed by atoms with Crippen LogP contribution in [-0.2, 0) is 33.3 Å². The first-order chi connectivity index (χ1) is 50.6. The predicted molar refractivity (Wildman–Crippen MR) is 444 cm³/mol. The van der Waals surface area contributed by atoms with Gasteiger partial charge in [-0.2, -0.15) is 0 Å². The third kappa shape index (κ3) is 84.6. The summed E-state index contributed by atoms with van der Waals surface area (Å²) in [7, 11) is 5.94. The van der Waals surface area contributed by atoms with Crippen molar-refractivity contribution in [2.45, 2.75) is 399 Å². The van der Waals surface area contributed by atoms with Crippen molar-refractivity contribution in [2.24, 2.45) is 0 Å². The number of allylic oxidation sites excluding steroid dienone is 22. The second-order valence-corrected chi connectivity index (χ2v) is 30.1. The zero-order valence-electron chi connectivity index (χ0n) is 67.9. The summed E-state index contributed by atoms with van der Waals surface area (Å²) in [5.41, 5.74) is 0. The van der Waals surface area contributed by atoms with Crippen LogP contribution in [0.2, 0.25) is 0 Å². The number of aliphatic carboxylic acids is 1. The minimum absolute atomic E-state index is 0.145. The summed E-state index contributed by atoms with van der Waals surface area (Å²) in [5, 5.41) is 11.9. The minimum atomic E-state index is -1.63. The van der Waals surface area contributed by atoms with Crippen molar-refractivity contribution >= 4 is 17.9 Å². The Bertz CT molecular complexity index is 2170. The number of hydrogen-bond donors (Lipinski definition) is 0. The molecule has 0 saturated heterocycles. The molecular formula is C94H163NO8. The lowest BCUT2D eigenvalue weighted by Crippen LogP contribution is -2.44. The van der Waals surface area contributed by atoms with E-state index in [1.165, 1.54) is 250 Å². The van der Waals surface area contributed by atoms with E-state index in [4.69, 9.17) is 18.9 Å². The van der Waals surface area contributed by atoms with E-state index >= 15 is 0 Å². The van der Waals surface area contributed by atoms with Crippen LogP contribution in [0, 0.1) is 0 Å². The zero-order chi connectivity index (χ0) is 74.6. The van der Waals surface area contributed by atoms with Gasteiger partial charge in [-0.05, 0) is 116 Å². The fraction of sp³-hybridized carbons (Fsp3) is 0.734. The maximum Gasteiger partial charge on any atom is 0.306 e. The highest BCUT2D eigenvalue weighted by molar-refractivity contribution is 5.70. The molecule has 0 bridgehead atoms. The van der Waals surface area contributed by atoms with E-state index in [1.54, 1.807) is 0 Å². The lowest BCUT2D eigenvalue weighted by molar-refractivity contribution is -0.870. The van der Waals surface area contributed by atoms with Gasteiger partial charge in [0.15, 0.2) is 12.4 Å². The van der Waals surface area contributed by atoms with Crippen molar-refractivity contribution in [1.82, 2.24) is 0 Å². The van der Waals surface area contributed by atoms with Gasteiger partial charge in [-0.15, -0.1) is 0 Å². The fourth-order valence-corrected chi connectivity index (χ4v) is 12.3. The summed E-state index contributed by atoms with van der Waals surface area (Å²) in [6, 6.07) is 0. The molecule has 0 aromatic carbocycles. The van der Waals surface area contributed by atoms with Crippen LogP contribution in [0.15, 0.2) is 134 Å². The maximum absolute atomic E-state index is 13.0. The number of esters is 2. The number of nitrogens with zero attached hydrogens (tertiary/aromatic N) is 1. The molecule has 0 spiro atoms. The summed E-state index contributed by atoms with van der Waals surface area (Å²) in [4.78, 5) is 37.7. The molecule has 9 nitrogen and oxygen atoms in total. The number of hydrogen-bond acceptors (Lipinski definition) is 8. The Morgan fingerprint density at radius 2 is 0.553 bits per heavy atom. The lowest BCUT2D eigenvalue weighted by atomic mass is 10.0. The number of carboxylic acid groups (broad SMARTS) is 1. The minimum Gasteiger partial charge on any atom is -0.545 e. The quantitative estimate of drug-likeness (QED) is 0.0195. The van der Waals surface area contributed by atoms with Gasteiger partial charge in [0.25, 0.3) is 0 Å². The number of carboxylic acids is 1. The Kier molecular flexibility index (Phi) is 79.4. The maximum atomic E-state index is 13.0. The van der Waals surface area contributed by atoms with Gasteiger partial charge < -0.3 is 33.3 Å². The van der Waals surface area contributed by atoms with Crippen molar-refractivity contribution in [3.8, 4) is 0 Å². The second-order valence-electron chi connectivity index (χ2n) is 30.1. The molecule has 592 valence electrons. The van der Waals surface area contributed by atoms with Crippen LogP contribution < -0.4 is 5.11 Å². The number of carbonyl (C=O) groups excluding carboxylic acids is 3. The Morgan fingerprint density at radius 3 is 0.825 bits per heavy atom. The van der Waals surface area contributed by atoms with Crippen LogP contribution in [0.25, 0.3) is 0 Å². The van der Waals surface area contributed by atoms with Gasteiger partial charge >= 0.3 is 11.9 Å². The molecule has 0 aliphatic rings. The summed E-state index contributed by atoms with van der Waals surface area (Å²) in [6.45, 7) is 4.66. The molecule has 0 amide bonds. The molecule has 0 rings (SSSR count). The lowest BCUT2D eigenvalue weighted by Gasteiger charge is -2.26. The van der Waals surface area contributed by atoms with E-state index in [-0.39, 0.29) is 32.2 Å². The van der Waals surface area contributed by atoms with Gasteiger partial charge in [-0.3, -0.25) is 9.59 Å². The SMILES string of the molecule is CC/C=C\C/C=C\C/C=C\C/C=C\C/C=C\C/C=C\C/C=C\C/C=C\C/C=C\CCCCCCCCCCCCCCCC(=O)OC(COC(=O)CCCCCCCCCCCCCCCCCCCCCCCCCCC/C=C\C/C=C\CCCCCCC)COC(OCC[N+](C)(C)C)C(=O)[O-]. The largest absolute Gasteiger partial charge is 0.545 e. The van der Waals surface area contributed by atoms with E-state index in [0.717, 1.165) is 103 Å². The first-order valence-electron chi connectivity index (χ1n) is 43.3. The van der Waals surface area contributed by atoms with Gasteiger partial charge in [0.2, 0.25) is 0 Å². The second kappa shape index (κ2) is 83.1. The Labute approximate surface area is 637 Å². The van der Waals surface area contributed by atoms with Crippen LogP contribution in [-0.4, -0.2) is 82.3 Å². The van der Waals surface area contributed by atoms with Crippen LogP contribution in [0.4, 0.5) is 0 Å². The topological polar surface area (TPSA) is 111 Å². The third-order valence-corrected chi connectivity index (χ3v) is 18.9. The van der Waals surface area contributed by atoms with Gasteiger partial charge in [0, 0.05) is 12.8 Å². The molecule has 103 heavy (non-hydrogen) atoms. The fourth-order valence-electron chi connectivity index (χ4n) is 12.3. The molecule has 0 fully saturated rings. The summed E-state index contributed by atoms with van der Waals surface area (Å²) in [5.74, 6) is -2.27. The molecular weight excluding hydrogens is 1270 g/mol. The number of rotatable bonds is 80. The monoisotopic (exact) mass is 1430 g/mol. The molecule has 9 heteroatoms.